The maximum absolute atomic E-state index is 5.96. The zero-order valence-electron chi connectivity index (χ0n) is 12.7. The summed E-state index contributed by atoms with van der Waals surface area (Å²) in [6.07, 6.45) is 0. The highest BCUT2D eigenvalue weighted by Gasteiger charge is 2.14. The van der Waals surface area contributed by atoms with Gasteiger partial charge in [0.05, 0.1) is 0 Å². The second-order valence-electron chi connectivity index (χ2n) is 6.98. The summed E-state index contributed by atoms with van der Waals surface area (Å²) in [5.41, 5.74) is 10.1. The maximum Gasteiger partial charge on any atom is 0.0223 e. The zero-order chi connectivity index (χ0) is 14.0. The van der Waals surface area contributed by atoms with Crippen LogP contribution in [0.3, 0.4) is 0 Å². The molecule has 0 atom stereocenters. The predicted molar refractivity (Wildman–Crippen MR) is 79.9 cm³/mol. The average Bonchev–Trinajstić information content (AvgIpc) is 2.17. The third-order valence-corrected chi connectivity index (χ3v) is 3.10. The van der Waals surface area contributed by atoms with Crippen molar-refractivity contribution in [3.8, 4) is 0 Å². The molecular formula is C16H28N2. The van der Waals surface area contributed by atoms with Crippen LogP contribution in [0.2, 0.25) is 0 Å². The lowest BCUT2D eigenvalue weighted by molar-refractivity contribution is 0.466. The number of hydrogen-bond donors (Lipinski definition) is 2. The fourth-order valence-electron chi connectivity index (χ4n) is 1.88. The van der Waals surface area contributed by atoms with Gasteiger partial charge in [-0.15, -0.1) is 0 Å². The Kier molecular flexibility index (Phi) is 4.57. The van der Waals surface area contributed by atoms with E-state index < -0.39 is 0 Å². The molecule has 0 aliphatic carbocycles. The summed E-state index contributed by atoms with van der Waals surface area (Å²) in [7, 11) is 0. The molecule has 1 rings (SSSR count). The first-order valence-electron chi connectivity index (χ1n) is 6.69. The van der Waals surface area contributed by atoms with E-state index in [1.165, 1.54) is 16.7 Å². The van der Waals surface area contributed by atoms with Gasteiger partial charge < -0.3 is 11.1 Å². The van der Waals surface area contributed by atoms with Gasteiger partial charge in [0.1, 0.15) is 0 Å². The van der Waals surface area contributed by atoms with Crippen LogP contribution in [0, 0.1) is 6.92 Å². The molecule has 2 nitrogen and oxygen atoms in total. The first-order valence-corrected chi connectivity index (χ1v) is 6.69. The lowest BCUT2D eigenvalue weighted by Gasteiger charge is -2.22. The van der Waals surface area contributed by atoms with Gasteiger partial charge >= 0.3 is 0 Å². The third kappa shape index (κ3) is 4.79. The van der Waals surface area contributed by atoms with E-state index in [2.05, 4.69) is 51.2 Å². The molecule has 102 valence electrons. The Morgan fingerprint density at radius 1 is 1.11 bits per heavy atom. The quantitative estimate of drug-likeness (QED) is 0.859. The Bertz CT molecular complexity index is 395. The van der Waals surface area contributed by atoms with Crippen LogP contribution in [-0.2, 0) is 12.0 Å². The minimum Gasteiger partial charge on any atom is -0.324 e. The van der Waals surface area contributed by atoms with Gasteiger partial charge in [-0.1, -0.05) is 39.0 Å². The van der Waals surface area contributed by atoms with Gasteiger partial charge in [-0.2, -0.15) is 0 Å². The van der Waals surface area contributed by atoms with E-state index in [-0.39, 0.29) is 11.0 Å². The largest absolute Gasteiger partial charge is 0.324 e. The topological polar surface area (TPSA) is 38.0 Å². The van der Waals surface area contributed by atoms with Crippen molar-refractivity contribution in [2.45, 2.75) is 59.0 Å². The van der Waals surface area contributed by atoms with Gasteiger partial charge in [0, 0.05) is 18.6 Å². The predicted octanol–water partition coefficient (Wildman–Crippen LogP) is 3.12. The highest BCUT2D eigenvalue weighted by molar-refractivity contribution is 5.34. The third-order valence-electron chi connectivity index (χ3n) is 3.10. The molecule has 0 saturated heterocycles. The molecule has 0 fully saturated rings. The molecular weight excluding hydrogens is 220 g/mol. The molecule has 1 aromatic rings. The standard InChI is InChI=1S/C16H28N2/c1-12-9-14(15(2,3)4)8-7-13(12)10-18-11-16(5,6)17/h7-9,18H,10-11,17H2,1-6H3. The first-order chi connectivity index (χ1) is 8.09. The molecule has 0 aliphatic heterocycles. The Hall–Kier alpha value is -0.860. The summed E-state index contributed by atoms with van der Waals surface area (Å²) in [4.78, 5) is 0. The lowest BCUT2D eigenvalue weighted by atomic mass is 9.85. The lowest BCUT2D eigenvalue weighted by Crippen LogP contribution is -2.42. The highest BCUT2D eigenvalue weighted by atomic mass is 14.9. The van der Waals surface area contributed by atoms with Crippen molar-refractivity contribution >= 4 is 0 Å². The van der Waals surface area contributed by atoms with E-state index in [0.717, 1.165) is 13.1 Å². The SMILES string of the molecule is Cc1cc(C(C)(C)C)ccc1CNCC(C)(C)N. The monoisotopic (exact) mass is 248 g/mol. The van der Waals surface area contributed by atoms with Crippen LogP contribution in [0.1, 0.15) is 51.3 Å². The maximum atomic E-state index is 5.96. The molecule has 0 amide bonds. The van der Waals surface area contributed by atoms with E-state index in [4.69, 9.17) is 5.73 Å². The van der Waals surface area contributed by atoms with Crippen LogP contribution in [0.4, 0.5) is 0 Å². The molecule has 0 heterocycles. The van der Waals surface area contributed by atoms with Gasteiger partial charge in [0.15, 0.2) is 0 Å². The van der Waals surface area contributed by atoms with Crippen LogP contribution in [0.15, 0.2) is 18.2 Å². The van der Waals surface area contributed by atoms with E-state index in [0.29, 0.717) is 0 Å². The molecule has 3 N–H and O–H groups in total. The molecule has 18 heavy (non-hydrogen) atoms. The normalized spacial score (nSPS) is 12.8. The molecule has 0 aliphatic rings. The minimum absolute atomic E-state index is 0.154. The molecule has 0 radical (unpaired) electrons. The van der Waals surface area contributed by atoms with E-state index in [1.54, 1.807) is 0 Å². The smallest absolute Gasteiger partial charge is 0.0223 e. The van der Waals surface area contributed by atoms with E-state index in [9.17, 15) is 0 Å². The Morgan fingerprint density at radius 3 is 2.17 bits per heavy atom. The van der Waals surface area contributed by atoms with Crippen LogP contribution < -0.4 is 11.1 Å². The van der Waals surface area contributed by atoms with Crippen molar-refractivity contribution in [2.24, 2.45) is 5.73 Å². The van der Waals surface area contributed by atoms with Crippen molar-refractivity contribution in [1.82, 2.24) is 5.32 Å². The second-order valence-corrected chi connectivity index (χ2v) is 6.98. The van der Waals surface area contributed by atoms with E-state index >= 15 is 0 Å². The Morgan fingerprint density at radius 2 is 1.72 bits per heavy atom. The molecule has 0 spiro atoms. The van der Waals surface area contributed by atoms with Crippen LogP contribution in [-0.4, -0.2) is 12.1 Å². The van der Waals surface area contributed by atoms with Crippen molar-refractivity contribution < 1.29 is 0 Å². The van der Waals surface area contributed by atoms with E-state index in [1.807, 2.05) is 13.8 Å². The van der Waals surface area contributed by atoms with Crippen LogP contribution in [0.5, 0.6) is 0 Å². The molecule has 0 saturated carbocycles. The minimum atomic E-state index is -0.154. The summed E-state index contributed by atoms with van der Waals surface area (Å²) in [5.74, 6) is 0. The van der Waals surface area contributed by atoms with Crippen molar-refractivity contribution in [1.29, 1.82) is 0 Å². The fraction of sp³-hybridized carbons (Fsp3) is 0.625. The van der Waals surface area contributed by atoms with Gasteiger partial charge in [-0.05, 0) is 42.9 Å². The fourth-order valence-corrected chi connectivity index (χ4v) is 1.88. The number of benzene rings is 1. The Balaban J connectivity index is 2.69. The van der Waals surface area contributed by atoms with Crippen LogP contribution in [0.25, 0.3) is 0 Å². The molecule has 0 aromatic heterocycles. The first kappa shape index (κ1) is 15.2. The number of nitrogens with two attached hydrogens (primary N) is 1. The Labute approximate surface area is 112 Å². The number of hydrogen-bond acceptors (Lipinski definition) is 2. The van der Waals surface area contributed by atoms with Crippen molar-refractivity contribution in [3.05, 3.63) is 34.9 Å². The number of aryl methyl sites for hydroxylation is 1. The summed E-state index contributed by atoms with van der Waals surface area (Å²) in [6.45, 7) is 14.7. The average molecular weight is 248 g/mol. The molecule has 0 unspecified atom stereocenters. The highest BCUT2D eigenvalue weighted by Crippen LogP contribution is 2.24. The molecule has 0 bridgehead atoms. The van der Waals surface area contributed by atoms with Crippen molar-refractivity contribution in [3.63, 3.8) is 0 Å². The van der Waals surface area contributed by atoms with Gasteiger partial charge in [0.2, 0.25) is 0 Å². The van der Waals surface area contributed by atoms with Gasteiger partial charge in [-0.25, -0.2) is 0 Å². The second kappa shape index (κ2) is 5.41. The summed E-state index contributed by atoms with van der Waals surface area (Å²) in [6, 6.07) is 6.76. The summed E-state index contributed by atoms with van der Waals surface area (Å²) in [5, 5.41) is 3.42. The number of rotatable bonds is 4. The van der Waals surface area contributed by atoms with Crippen LogP contribution >= 0.6 is 0 Å². The number of nitrogens with one attached hydrogen (secondary N) is 1. The van der Waals surface area contributed by atoms with Crippen molar-refractivity contribution in [2.75, 3.05) is 6.54 Å². The van der Waals surface area contributed by atoms with Gasteiger partial charge in [-0.3, -0.25) is 0 Å². The molecule has 2 heteroatoms. The molecule has 1 aromatic carbocycles. The summed E-state index contributed by atoms with van der Waals surface area (Å²) < 4.78 is 0. The summed E-state index contributed by atoms with van der Waals surface area (Å²) >= 11 is 0. The van der Waals surface area contributed by atoms with Gasteiger partial charge in [0.25, 0.3) is 0 Å². The zero-order valence-corrected chi connectivity index (χ0v) is 12.7.